The highest BCUT2D eigenvalue weighted by Crippen LogP contribution is 2.17. The highest BCUT2D eigenvalue weighted by atomic mass is 16.5. The van der Waals surface area contributed by atoms with Crippen molar-refractivity contribution in [2.75, 3.05) is 20.3 Å². The summed E-state index contributed by atoms with van der Waals surface area (Å²) in [5, 5.41) is 4.52. The molecule has 7 heteroatoms. The number of imide groups is 1. The number of carbonyl (C=O) groups is 3. The first-order valence-electron chi connectivity index (χ1n) is 6.46. The summed E-state index contributed by atoms with van der Waals surface area (Å²) in [6, 6.07) is 5.87. The van der Waals surface area contributed by atoms with Crippen molar-refractivity contribution in [3.63, 3.8) is 0 Å². The van der Waals surface area contributed by atoms with Gasteiger partial charge in [0.1, 0.15) is 11.3 Å². The van der Waals surface area contributed by atoms with Crippen molar-refractivity contribution >= 4 is 17.9 Å². The van der Waals surface area contributed by atoms with E-state index in [2.05, 4.69) is 10.6 Å². The van der Waals surface area contributed by atoms with Gasteiger partial charge in [0.15, 0.2) is 6.61 Å². The fourth-order valence-corrected chi connectivity index (χ4v) is 1.47. The zero-order valence-electron chi connectivity index (χ0n) is 12.0. The predicted octanol–water partition coefficient (Wildman–Crippen LogP) is 1.09. The molecule has 0 heterocycles. The maximum absolute atomic E-state index is 11.8. The maximum atomic E-state index is 11.8. The number of methoxy groups -OCH3 is 1. The molecule has 0 spiro atoms. The summed E-state index contributed by atoms with van der Waals surface area (Å²) in [6.45, 7) is 1.80. The van der Waals surface area contributed by atoms with Gasteiger partial charge in [0.25, 0.3) is 5.91 Å². The van der Waals surface area contributed by atoms with Crippen LogP contribution in [-0.2, 0) is 9.53 Å². The zero-order chi connectivity index (χ0) is 15.7. The number of urea groups is 1. The van der Waals surface area contributed by atoms with E-state index in [-0.39, 0.29) is 5.56 Å². The normalized spacial score (nSPS) is 9.62. The van der Waals surface area contributed by atoms with Crippen LogP contribution in [0.1, 0.15) is 23.7 Å². The first-order valence-corrected chi connectivity index (χ1v) is 6.46. The van der Waals surface area contributed by atoms with E-state index in [0.717, 1.165) is 6.42 Å². The summed E-state index contributed by atoms with van der Waals surface area (Å²) in [7, 11) is 1.43. The molecule has 0 saturated heterocycles. The number of esters is 1. The second-order valence-electron chi connectivity index (χ2n) is 4.08. The van der Waals surface area contributed by atoms with Crippen molar-refractivity contribution in [2.24, 2.45) is 0 Å². The lowest BCUT2D eigenvalue weighted by Crippen LogP contribution is -2.41. The van der Waals surface area contributed by atoms with Crippen LogP contribution < -0.4 is 15.4 Å². The van der Waals surface area contributed by atoms with E-state index in [0.29, 0.717) is 12.3 Å². The Morgan fingerprint density at radius 3 is 2.57 bits per heavy atom. The van der Waals surface area contributed by atoms with Gasteiger partial charge in [-0.1, -0.05) is 19.1 Å². The van der Waals surface area contributed by atoms with Crippen molar-refractivity contribution in [1.29, 1.82) is 0 Å². The van der Waals surface area contributed by atoms with Gasteiger partial charge < -0.3 is 14.8 Å². The molecule has 0 radical (unpaired) electrons. The van der Waals surface area contributed by atoms with Gasteiger partial charge in [-0.05, 0) is 18.6 Å². The first kappa shape index (κ1) is 16.5. The molecular weight excluding hydrogens is 276 g/mol. The summed E-state index contributed by atoms with van der Waals surface area (Å²) >= 11 is 0. The van der Waals surface area contributed by atoms with E-state index in [9.17, 15) is 14.4 Å². The number of benzene rings is 1. The van der Waals surface area contributed by atoms with Crippen LogP contribution in [0.2, 0.25) is 0 Å². The van der Waals surface area contributed by atoms with Gasteiger partial charge in [0.2, 0.25) is 0 Å². The van der Waals surface area contributed by atoms with E-state index in [1.165, 1.54) is 13.2 Å². The quantitative estimate of drug-likeness (QED) is 0.766. The number of rotatable bonds is 6. The first-order chi connectivity index (χ1) is 10.1. The highest BCUT2D eigenvalue weighted by Gasteiger charge is 2.15. The predicted molar refractivity (Wildman–Crippen MR) is 75.1 cm³/mol. The Balaban J connectivity index is 2.45. The molecule has 7 nitrogen and oxygen atoms in total. The number of ether oxygens (including phenoxy) is 2. The Labute approximate surface area is 122 Å². The summed E-state index contributed by atoms with van der Waals surface area (Å²) in [5.41, 5.74) is 0.211. The number of para-hydroxylation sites is 1. The third kappa shape index (κ3) is 5.52. The van der Waals surface area contributed by atoms with E-state index in [1.54, 1.807) is 18.2 Å². The largest absolute Gasteiger partial charge is 0.496 e. The molecule has 0 unspecified atom stereocenters. The Hall–Kier alpha value is -2.57. The monoisotopic (exact) mass is 294 g/mol. The second kappa shape index (κ2) is 8.57. The molecule has 0 fully saturated rings. The molecular formula is C14H18N2O5. The molecule has 0 saturated carbocycles. The number of amides is 3. The lowest BCUT2D eigenvalue weighted by atomic mass is 10.2. The molecule has 114 valence electrons. The minimum atomic E-state index is -0.702. The van der Waals surface area contributed by atoms with Gasteiger partial charge in [0.05, 0.1) is 7.11 Å². The molecule has 0 aliphatic carbocycles. The Bertz CT molecular complexity index is 516. The van der Waals surface area contributed by atoms with Gasteiger partial charge in [-0.25, -0.2) is 9.59 Å². The fraction of sp³-hybridized carbons (Fsp3) is 0.357. The lowest BCUT2D eigenvalue weighted by Gasteiger charge is -2.09. The molecule has 21 heavy (non-hydrogen) atoms. The van der Waals surface area contributed by atoms with Crippen LogP contribution in [0.4, 0.5) is 4.79 Å². The minimum absolute atomic E-state index is 0.211. The van der Waals surface area contributed by atoms with Gasteiger partial charge >= 0.3 is 12.0 Å². The minimum Gasteiger partial charge on any atom is -0.496 e. The average molecular weight is 294 g/mol. The average Bonchev–Trinajstić information content (AvgIpc) is 2.50. The summed E-state index contributed by atoms with van der Waals surface area (Å²) in [4.78, 5) is 34.5. The van der Waals surface area contributed by atoms with Gasteiger partial charge in [-0.2, -0.15) is 0 Å². The molecule has 2 N–H and O–H groups in total. The van der Waals surface area contributed by atoms with Crippen molar-refractivity contribution in [2.45, 2.75) is 13.3 Å². The molecule has 0 aromatic heterocycles. The Kier molecular flexibility index (Phi) is 6.73. The summed E-state index contributed by atoms with van der Waals surface area (Å²) in [6.07, 6.45) is 0.754. The maximum Gasteiger partial charge on any atom is 0.342 e. The van der Waals surface area contributed by atoms with Crippen molar-refractivity contribution in [3.8, 4) is 5.75 Å². The van der Waals surface area contributed by atoms with Crippen molar-refractivity contribution in [1.82, 2.24) is 10.6 Å². The van der Waals surface area contributed by atoms with E-state index in [4.69, 9.17) is 9.47 Å². The van der Waals surface area contributed by atoms with Gasteiger partial charge in [-0.3, -0.25) is 10.1 Å². The van der Waals surface area contributed by atoms with Crippen LogP contribution in [0.5, 0.6) is 5.75 Å². The number of hydrogen-bond donors (Lipinski definition) is 2. The number of nitrogens with one attached hydrogen (secondary N) is 2. The number of hydrogen-bond acceptors (Lipinski definition) is 5. The van der Waals surface area contributed by atoms with Crippen molar-refractivity contribution < 1.29 is 23.9 Å². The summed E-state index contributed by atoms with van der Waals surface area (Å²) < 4.78 is 9.84. The van der Waals surface area contributed by atoms with E-state index in [1.807, 2.05) is 6.92 Å². The van der Waals surface area contributed by atoms with E-state index < -0.39 is 24.5 Å². The standard InChI is InChI=1S/C14H18N2O5/c1-3-8-15-14(19)16-12(17)9-21-13(18)10-6-4-5-7-11(10)20-2/h4-7H,3,8-9H2,1-2H3,(H2,15,16,17,19). The van der Waals surface area contributed by atoms with Crippen LogP contribution in [0.25, 0.3) is 0 Å². The molecule has 0 aliphatic rings. The molecule has 1 aromatic carbocycles. The van der Waals surface area contributed by atoms with E-state index >= 15 is 0 Å². The molecule has 1 aromatic rings. The third-order valence-corrected chi connectivity index (χ3v) is 2.45. The lowest BCUT2D eigenvalue weighted by molar-refractivity contribution is -0.123. The highest BCUT2D eigenvalue weighted by molar-refractivity contribution is 5.97. The Morgan fingerprint density at radius 2 is 1.90 bits per heavy atom. The van der Waals surface area contributed by atoms with Crippen molar-refractivity contribution in [3.05, 3.63) is 29.8 Å². The van der Waals surface area contributed by atoms with Gasteiger partial charge in [-0.15, -0.1) is 0 Å². The molecule has 0 bridgehead atoms. The Morgan fingerprint density at radius 1 is 1.19 bits per heavy atom. The smallest absolute Gasteiger partial charge is 0.342 e. The van der Waals surface area contributed by atoms with Crippen LogP contribution >= 0.6 is 0 Å². The second-order valence-corrected chi connectivity index (χ2v) is 4.08. The topological polar surface area (TPSA) is 93.7 Å². The van der Waals surface area contributed by atoms with Crippen LogP contribution in [-0.4, -0.2) is 38.2 Å². The zero-order valence-corrected chi connectivity index (χ0v) is 12.0. The number of carbonyl (C=O) groups excluding carboxylic acids is 3. The SMILES string of the molecule is CCCNC(=O)NC(=O)COC(=O)c1ccccc1OC. The fourth-order valence-electron chi connectivity index (χ4n) is 1.47. The van der Waals surface area contributed by atoms with Gasteiger partial charge in [0, 0.05) is 6.54 Å². The molecule has 1 rings (SSSR count). The molecule has 3 amide bonds. The van der Waals surface area contributed by atoms with Crippen LogP contribution in [0.3, 0.4) is 0 Å². The van der Waals surface area contributed by atoms with Crippen LogP contribution in [0, 0.1) is 0 Å². The summed E-state index contributed by atoms with van der Waals surface area (Å²) in [5.74, 6) is -1.05. The third-order valence-electron chi connectivity index (χ3n) is 2.45. The molecule has 0 atom stereocenters. The molecule has 0 aliphatic heterocycles. The van der Waals surface area contributed by atoms with Crippen LogP contribution in [0.15, 0.2) is 24.3 Å².